The molecular formula is C20H16O3. The molecule has 0 amide bonds. The SMILES string of the molecule is O=c1c2c(oc3ccc(O)cc13)/C(=C\c1ccccc1)CCC2. The van der Waals surface area contributed by atoms with E-state index in [2.05, 4.69) is 6.08 Å². The quantitative estimate of drug-likeness (QED) is 0.726. The molecule has 0 saturated carbocycles. The number of hydrogen-bond donors (Lipinski definition) is 1. The molecule has 23 heavy (non-hydrogen) atoms. The molecule has 1 heterocycles. The second kappa shape index (κ2) is 5.43. The van der Waals surface area contributed by atoms with E-state index in [1.54, 1.807) is 12.1 Å². The van der Waals surface area contributed by atoms with Crippen molar-refractivity contribution in [1.82, 2.24) is 0 Å². The molecule has 0 atom stereocenters. The highest BCUT2D eigenvalue weighted by Crippen LogP contribution is 2.33. The number of rotatable bonds is 1. The summed E-state index contributed by atoms with van der Waals surface area (Å²) < 4.78 is 6.03. The first kappa shape index (κ1) is 13.8. The van der Waals surface area contributed by atoms with E-state index in [0.29, 0.717) is 16.7 Å². The predicted molar refractivity (Wildman–Crippen MR) is 91.4 cm³/mol. The Labute approximate surface area is 133 Å². The molecule has 0 bridgehead atoms. The lowest BCUT2D eigenvalue weighted by molar-refractivity contribution is 0.475. The van der Waals surface area contributed by atoms with Crippen LogP contribution in [-0.4, -0.2) is 5.11 Å². The molecule has 114 valence electrons. The van der Waals surface area contributed by atoms with Crippen molar-refractivity contribution < 1.29 is 9.52 Å². The van der Waals surface area contributed by atoms with Crippen LogP contribution in [0.15, 0.2) is 57.7 Å². The molecule has 0 fully saturated rings. The fraction of sp³-hybridized carbons (Fsp3) is 0.150. The first-order valence-electron chi connectivity index (χ1n) is 7.77. The monoisotopic (exact) mass is 304 g/mol. The molecule has 0 spiro atoms. The maximum atomic E-state index is 12.7. The van der Waals surface area contributed by atoms with Gasteiger partial charge in [0.25, 0.3) is 0 Å². The summed E-state index contributed by atoms with van der Waals surface area (Å²) in [6.07, 6.45) is 4.64. The van der Waals surface area contributed by atoms with Crippen LogP contribution in [0.1, 0.15) is 29.7 Å². The third-order valence-electron chi connectivity index (χ3n) is 4.27. The number of fused-ring (bicyclic) bond motifs is 2. The standard InChI is InChI=1S/C20H16O3/c21-15-9-10-18-17(12-15)19(22)16-8-4-7-14(20(16)23-18)11-13-5-2-1-3-6-13/h1-3,5-6,9-12,21H,4,7-8H2/b14-11-. The van der Waals surface area contributed by atoms with Gasteiger partial charge in [0.2, 0.25) is 0 Å². The van der Waals surface area contributed by atoms with Crippen LogP contribution in [0.5, 0.6) is 5.75 Å². The van der Waals surface area contributed by atoms with E-state index in [4.69, 9.17) is 4.42 Å². The number of aromatic hydroxyl groups is 1. The highest BCUT2D eigenvalue weighted by molar-refractivity contribution is 5.86. The highest BCUT2D eigenvalue weighted by Gasteiger charge is 2.21. The lowest BCUT2D eigenvalue weighted by Gasteiger charge is -2.18. The summed E-state index contributed by atoms with van der Waals surface area (Å²) in [7, 11) is 0. The van der Waals surface area contributed by atoms with Gasteiger partial charge >= 0.3 is 0 Å². The molecule has 1 N–H and O–H groups in total. The van der Waals surface area contributed by atoms with Gasteiger partial charge in [-0.25, -0.2) is 0 Å². The van der Waals surface area contributed by atoms with Crippen LogP contribution in [0.25, 0.3) is 22.6 Å². The molecule has 1 aliphatic carbocycles. The Bertz CT molecular complexity index is 965. The molecule has 3 nitrogen and oxygen atoms in total. The van der Waals surface area contributed by atoms with E-state index in [0.717, 1.165) is 36.0 Å². The summed E-state index contributed by atoms with van der Waals surface area (Å²) in [5.74, 6) is 0.781. The van der Waals surface area contributed by atoms with E-state index >= 15 is 0 Å². The Morgan fingerprint density at radius 2 is 1.87 bits per heavy atom. The van der Waals surface area contributed by atoms with Gasteiger partial charge in [-0.3, -0.25) is 4.79 Å². The average Bonchev–Trinajstić information content (AvgIpc) is 2.57. The molecular weight excluding hydrogens is 288 g/mol. The highest BCUT2D eigenvalue weighted by atomic mass is 16.3. The Hall–Kier alpha value is -2.81. The van der Waals surface area contributed by atoms with Gasteiger partial charge in [0.05, 0.1) is 5.39 Å². The molecule has 0 radical (unpaired) electrons. The zero-order valence-corrected chi connectivity index (χ0v) is 12.6. The first-order chi connectivity index (χ1) is 11.2. The van der Waals surface area contributed by atoms with E-state index < -0.39 is 0 Å². The van der Waals surface area contributed by atoms with Crippen molar-refractivity contribution >= 4 is 22.6 Å². The van der Waals surface area contributed by atoms with Crippen molar-refractivity contribution in [3.8, 4) is 5.75 Å². The molecule has 2 aromatic carbocycles. The minimum Gasteiger partial charge on any atom is -0.508 e. The smallest absolute Gasteiger partial charge is 0.196 e. The van der Waals surface area contributed by atoms with Crippen LogP contribution >= 0.6 is 0 Å². The average molecular weight is 304 g/mol. The zero-order chi connectivity index (χ0) is 15.8. The summed E-state index contributed by atoms with van der Waals surface area (Å²) in [6.45, 7) is 0. The number of benzene rings is 2. The number of hydrogen-bond acceptors (Lipinski definition) is 3. The molecule has 3 heteroatoms. The Kier molecular flexibility index (Phi) is 3.27. The Balaban J connectivity index is 1.95. The van der Waals surface area contributed by atoms with Gasteiger partial charge in [0, 0.05) is 5.56 Å². The van der Waals surface area contributed by atoms with Crippen LogP contribution < -0.4 is 5.43 Å². The van der Waals surface area contributed by atoms with Crippen LogP contribution in [-0.2, 0) is 6.42 Å². The van der Waals surface area contributed by atoms with Crippen molar-refractivity contribution in [2.75, 3.05) is 0 Å². The summed E-state index contributed by atoms with van der Waals surface area (Å²) >= 11 is 0. The van der Waals surface area contributed by atoms with Gasteiger partial charge in [-0.05, 0) is 54.7 Å². The molecule has 0 aliphatic heterocycles. The van der Waals surface area contributed by atoms with Gasteiger partial charge in [0.1, 0.15) is 17.1 Å². The molecule has 4 rings (SSSR count). The molecule has 1 aliphatic rings. The van der Waals surface area contributed by atoms with E-state index in [1.165, 1.54) is 6.07 Å². The largest absolute Gasteiger partial charge is 0.508 e. The third-order valence-corrected chi connectivity index (χ3v) is 4.27. The molecule has 3 aromatic rings. The lowest BCUT2D eigenvalue weighted by Crippen LogP contribution is -2.15. The second-order valence-corrected chi connectivity index (χ2v) is 5.85. The maximum absolute atomic E-state index is 12.7. The Morgan fingerprint density at radius 1 is 1.04 bits per heavy atom. The molecule has 0 unspecified atom stereocenters. The number of allylic oxidation sites excluding steroid dienone is 1. The van der Waals surface area contributed by atoms with Crippen LogP contribution in [0.4, 0.5) is 0 Å². The molecule has 1 aromatic heterocycles. The fourth-order valence-corrected chi connectivity index (χ4v) is 3.17. The van der Waals surface area contributed by atoms with Crippen molar-refractivity contribution in [3.63, 3.8) is 0 Å². The van der Waals surface area contributed by atoms with Crippen molar-refractivity contribution in [2.24, 2.45) is 0 Å². The zero-order valence-electron chi connectivity index (χ0n) is 12.6. The van der Waals surface area contributed by atoms with E-state index in [-0.39, 0.29) is 11.2 Å². The Morgan fingerprint density at radius 3 is 2.70 bits per heavy atom. The van der Waals surface area contributed by atoms with Gasteiger partial charge in [-0.15, -0.1) is 0 Å². The van der Waals surface area contributed by atoms with Crippen molar-refractivity contribution in [1.29, 1.82) is 0 Å². The predicted octanol–water partition coefficient (Wildman–Crippen LogP) is 4.38. The topological polar surface area (TPSA) is 50.4 Å². The first-order valence-corrected chi connectivity index (χ1v) is 7.77. The van der Waals surface area contributed by atoms with Gasteiger partial charge in [-0.2, -0.15) is 0 Å². The van der Waals surface area contributed by atoms with Crippen LogP contribution in [0, 0.1) is 0 Å². The van der Waals surface area contributed by atoms with E-state index in [1.807, 2.05) is 30.3 Å². The van der Waals surface area contributed by atoms with Crippen molar-refractivity contribution in [3.05, 3.63) is 75.6 Å². The summed E-state index contributed by atoms with van der Waals surface area (Å²) in [6, 6.07) is 14.7. The van der Waals surface area contributed by atoms with Crippen LogP contribution in [0.3, 0.4) is 0 Å². The minimum atomic E-state index is -0.0317. The maximum Gasteiger partial charge on any atom is 0.196 e. The van der Waals surface area contributed by atoms with Gasteiger partial charge in [-0.1, -0.05) is 30.3 Å². The molecule has 0 saturated heterocycles. The summed E-state index contributed by atoms with van der Waals surface area (Å²) in [5.41, 5.74) is 3.37. The fourth-order valence-electron chi connectivity index (χ4n) is 3.17. The number of phenols is 1. The normalized spacial score (nSPS) is 15.7. The summed E-state index contributed by atoms with van der Waals surface area (Å²) in [5, 5.41) is 10.1. The van der Waals surface area contributed by atoms with Crippen molar-refractivity contribution in [2.45, 2.75) is 19.3 Å². The third kappa shape index (κ3) is 2.44. The van der Waals surface area contributed by atoms with E-state index in [9.17, 15) is 9.90 Å². The number of phenolic OH excluding ortho intramolecular Hbond substituents is 1. The lowest BCUT2D eigenvalue weighted by atomic mass is 9.90. The van der Waals surface area contributed by atoms with Gasteiger partial charge < -0.3 is 9.52 Å². The minimum absolute atomic E-state index is 0.0317. The van der Waals surface area contributed by atoms with Crippen LogP contribution in [0.2, 0.25) is 0 Å². The summed E-state index contributed by atoms with van der Waals surface area (Å²) in [4.78, 5) is 12.7. The van der Waals surface area contributed by atoms with Gasteiger partial charge in [0.15, 0.2) is 5.43 Å². The second-order valence-electron chi connectivity index (χ2n) is 5.85.